The Bertz CT molecular complexity index is 1030. The fourth-order valence-electron chi connectivity index (χ4n) is 3.92. The van der Waals surface area contributed by atoms with Crippen LogP contribution in [0.25, 0.3) is 5.57 Å². The molecule has 4 rings (SSSR count). The van der Waals surface area contributed by atoms with Gasteiger partial charge in [-0.3, -0.25) is 14.9 Å². The SMILES string of the molecule is COc1cc2c(cc1OC)C(=CNc1ccc(N3CCNCC3C)cc1)C(=O)NC2=O. The van der Waals surface area contributed by atoms with Crippen LogP contribution in [0.5, 0.6) is 11.5 Å². The summed E-state index contributed by atoms with van der Waals surface area (Å²) in [4.78, 5) is 27.2. The molecule has 0 aliphatic carbocycles. The molecule has 2 amide bonds. The molecule has 0 spiro atoms. The Morgan fingerprint density at radius 1 is 1.03 bits per heavy atom. The van der Waals surface area contributed by atoms with E-state index in [1.807, 2.05) is 12.1 Å². The molecule has 1 unspecified atom stereocenters. The number of carbonyl (C=O) groups is 2. The number of benzene rings is 2. The van der Waals surface area contributed by atoms with E-state index < -0.39 is 11.8 Å². The number of carbonyl (C=O) groups excluding carboxylic acids is 2. The zero-order valence-electron chi connectivity index (χ0n) is 17.8. The second kappa shape index (κ2) is 8.69. The summed E-state index contributed by atoms with van der Waals surface area (Å²) < 4.78 is 10.6. The molecule has 1 saturated heterocycles. The highest BCUT2D eigenvalue weighted by atomic mass is 16.5. The lowest BCUT2D eigenvalue weighted by Crippen LogP contribution is -2.49. The highest BCUT2D eigenvalue weighted by Gasteiger charge is 2.29. The summed E-state index contributed by atoms with van der Waals surface area (Å²) in [6, 6.07) is 11.7. The van der Waals surface area contributed by atoms with Gasteiger partial charge in [-0.1, -0.05) is 0 Å². The van der Waals surface area contributed by atoms with E-state index in [2.05, 4.69) is 39.9 Å². The van der Waals surface area contributed by atoms with Gasteiger partial charge in [0.05, 0.1) is 25.4 Å². The van der Waals surface area contributed by atoms with Crippen LogP contribution >= 0.6 is 0 Å². The second-order valence-corrected chi connectivity index (χ2v) is 7.53. The summed E-state index contributed by atoms with van der Waals surface area (Å²) in [6.07, 6.45) is 1.61. The van der Waals surface area contributed by atoms with Gasteiger partial charge in [0, 0.05) is 48.8 Å². The van der Waals surface area contributed by atoms with Gasteiger partial charge in [0.2, 0.25) is 0 Å². The molecule has 1 fully saturated rings. The van der Waals surface area contributed by atoms with Gasteiger partial charge >= 0.3 is 0 Å². The predicted molar refractivity (Wildman–Crippen MR) is 120 cm³/mol. The summed E-state index contributed by atoms with van der Waals surface area (Å²) in [5.41, 5.74) is 3.19. The first-order valence-electron chi connectivity index (χ1n) is 10.2. The molecular weight excluding hydrogens is 396 g/mol. The van der Waals surface area contributed by atoms with Gasteiger partial charge in [-0.15, -0.1) is 0 Å². The van der Waals surface area contributed by atoms with Crippen molar-refractivity contribution in [3.8, 4) is 11.5 Å². The third-order valence-corrected chi connectivity index (χ3v) is 5.61. The lowest BCUT2D eigenvalue weighted by atomic mass is 9.94. The standard InChI is InChI=1S/C23H26N4O4/c1-14-12-24-8-9-27(14)16-6-4-15(5-7-16)25-13-19-17-10-20(30-2)21(31-3)11-18(17)22(28)26-23(19)29/h4-7,10-11,13-14,24-25H,8-9,12H2,1-3H3,(H,26,28,29). The maximum Gasteiger partial charge on any atom is 0.260 e. The van der Waals surface area contributed by atoms with Crippen molar-refractivity contribution >= 4 is 28.8 Å². The number of ether oxygens (including phenoxy) is 2. The molecule has 2 aliphatic rings. The number of nitrogens with one attached hydrogen (secondary N) is 3. The van der Waals surface area contributed by atoms with Crippen molar-refractivity contribution in [1.29, 1.82) is 0 Å². The van der Waals surface area contributed by atoms with E-state index in [4.69, 9.17) is 9.47 Å². The summed E-state index contributed by atoms with van der Waals surface area (Å²) in [7, 11) is 3.01. The molecule has 2 aliphatic heterocycles. The predicted octanol–water partition coefficient (Wildman–Crippen LogP) is 2.22. The van der Waals surface area contributed by atoms with Crippen molar-refractivity contribution in [3.63, 3.8) is 0 Å². The van der Waals surface area contributed by atoms with E-state index in [9.17, 15) is 9.59 Å². The summed E-state index contributed by atoms with van der Waals surface area (Å²) in [5.74, 6) is -0.0592. The largest absolute Gasteiger partial charge is 0.493 e. The lowest BCUT2D eigenvalue weighted by Gasteiger charge is -2.36. The van der Waals surface area contributed by atoms with Crippen LogP contribution in [0.2, 0.25) is 0 Å². The molecule has 0 radical (unpaired) electrons. The van der Waals surface area contributed by atoms with E-state index in [1.54, 1.807) is 18.3 Å². The number of piperazine rings is 1. The van der Waals surface area contributed by atoms with Crippen molar-refractivity contribution in [2.45, 2.75) is 13.0 Å². The van der Waals surface area contributed by atoms with Crippen LogP contribution in [0.4, 0.5) is 11.4 Å². The summed E-state index contributed by atoms with van der Waals surface area (Å²) >= 11 is 0. The Kier molecular flexibility index (Phi) is 5.81. The molecule has 3 N–H and O–H groups in total. The average Bonchev–Trinajstić information content (AvgIpc) is 2.79. The number of fused-ring (bicyclic) bond motifs is 1. The molecule has 162 valence electrons. The van der Waals surface area contributed by atoms with Crippen LogP contribution in [0.15, 0.2) is 42.6 Å². The van der Waals surface area contributed by atoms with Gasteiger partial charge in [-0.2, -0.15) is 0 Å². The Morgan fingerprint density at radius 3 is 2.35 bits per heavy atom. The van der Waals surface area contributed by atoms with Gasteiger partial charge in [0.1, 0.15) is 0 Å². The van der Waals surface area contributed by atoms with Crippen LogP contribution in [0, 0.1) is 0 Å². The third kappa shape index (κ3) is 4.06. The minimum absolute atomic E-state index is 0.343. The number of nitrogens with zero attached hydrogens (tertiary/aromatic N) is 1. The Morgan fingerprint density at radius 2 is 1.71 bits per heavy atom. The van der Waals surface area contributed by atoms with Crippen molar-refractivity contribution in [1.82, 2.24) is 10.6 Å². The van der Waals surface area contributed by atoms with Crippen LogP contribution in [-0.2, 0) is 4.79 Å². The smallest absolute Gasteiger partial charge is 0.260 e. The van der Waals surface area contributed by atoms with Crippen molar-refractivity contribution < 1.29 is 19.1 Å². The van der Waals surface area contributed by atoms with Crippen molar-refractivity contribution in [2.75, 3.05) is 44.1 Å². The molecule has 8 heteroatoms. The first kappa shape index (κ1) is 20.7. The van der Waals surface area contributed by atoms with E-state index >= 15 is 0 Å². The van der Waals surface area contributed by atoms with E-state index in [1.165, 1.54) is 14.2 Å². The molecule has 8 nitrogen and oxygen atoms in total. The number of anilines is 2. The molecule has 0 bridgehead atoms. The normalized spacial score (nSPS) is 19.6. The van der Waals surface area contributed by atoms with Gasteiger partial charge in [0.25, 0.3) is 11.8 Å². The van der Waals surface area contributed by atoms with Crippen LogP contribution < -0.4 is 30.3 Å². The molecule has 0 aromatic heterocycles. The van der Waals surface area contributed by atoms with Crippen LogP contribution in [-0.4, -0.2) is 51.7 Å². The monoisotopic (exact) mass is 422 g/mol. The van der Waals surface area contributed by atoms with Crippen LogP contribution in [0.3, 0.4) is 0 Å². The zero-order valence-corrected chi connectivity index (χ0v) is 17.8. The van der Waals surface area contributed by atoms with Gasteiger partial charge in [-0.05, 0) is 43.3 Å². The van der Waals surface area contributed by atoms with Crippen LogP contribution in [0.1, 0.15) is 22.8 Å². The number of imide groups is 1. The molecule has 2 aromatic rings. The molecule has 31 heavy (non-hydrogen) atoms. The zero-order chi connectivity index (χ0) is 22.0. The topological polar surface area (TPSA) is 91.9 Å². The van der Waals surface area contributed by atoms with Gasteiger partial charge in [-0.25, -0.2) is 0 Å². The number of hydrogen-bond donors (Lipinski definition) is 3. The minimum atomic E-state index is -0.469. The molecule has 2 heterocycles. The van der Waals surface area contributed by atoms with Gasteiger partial charge in [0.15, 0.2) is 11.5 Å². The molecule has 2 aromatic carbocycles. The maximum atomic E-state index is 12.5. The number of rotatable bonds is 5. The first-order chi connectivity index (χ1) is 15.0. The number of methoxy groups -OCH3 is 2. The van der Waals surface area contributed by atoms with E-state index in [-0.39, 0.29) is 0 Å². The quantitative estimate of drug-likeness (QED) is 0.503. The number of hydrogen-bond acceptors (Lipinski definition) is 7. The summed E-state index contributed by atoms with van der Waals surface area (Å²) in [6.45, 7) is 5.10. The Hall–Kier alpha value is -3.52. The average molecular weight is 422 g/mol. The highest BCUT2D eigenvalue weighted by Crippen LogP contribution is 2.35. The second-order valence-electron chi connectivity index (χ2n) is 7.53. The molecular formula is C23H26N4O4. The lowest BCUT2D eigenvalue weighted by molar-refractivity contribution is -0.114. The van der Waals surface area contributed by atoms with E-state index in [0.717, 1.165) is 31.0 Å². The Balaban J connectivity index is 1.60. The molecule has 1 atom stereocenters. The maximum absolute atomic E-state index is 12.5. The van der Waals surface area contributed by atoms with E-state index in [0.29, 0.717) is 34.2 Å². The Labute approximate surface area is 181 Å². The highest BCUT2D eigenvalue weighted by molar-refractivity contribution is 6.31. The summed E-state index contributed by atoms with van der Waals surface area (Å²) in [5, 5.41) is 8.94. The van der Waals surface area contributed by atoms with Crippen molar-refractivity contribution in [3.05, 3.63) is 53.7 Å². The third-order valence-electron chi connectivity index (χ3n) is 5.61. The van der Waals surface area contributed by atoms with Gasteiger partial charge < -0.3 is 25.0 Å². The fraction of sp³-hybridized carbons (Fsp3) is 0.304. The number of amides is 2. The fourth-order valence-corrected chi connectivity index (χ4v) is 3.92. The molecule has 0 saturated carbocycles. The van der Waals surface area contributed by atoms with Crippen molar-refractivity contribution in [2.24, 2.45) is 0 Å². The first-order valence-corrected chi connectivity index (χ1v) is 10.2. The minimum Gasteiger partial charge on any atom is -0.493 e.